The molecule has 0 aromatic rings. The molecular weight excluding hydrogens is 200 g/mol. The van der Waals surface area contributed by atoms with Crippen LogP contribution in [0.1, 0.15) is 20.3 Å². The molecule has 1 saturated heterocycles. The summed E-state index contributed by atoms with van der Waals surface area (Å²) in [6.07, 6.45) is 4.56. The highest BCUT2D eigenvalue weighted by atomic mass is 16.2. The maximum absolute atomic E-state index is 11.7. The predicted octanol–water partition coefficient (Wildman–Crippen LogP) is 1.67. The Kier molecular flexibility index (Phi) is 5.26. The Hall–Kier alpha value is -1.09. The fourth-order valence-corrected chi connectivity index (χ4v) is 1.86. The molecule has 1 fully saturated rings. The van der Waals surface area contributed by atoms with Gasteiger partial charge >= 0.3 is 0 Å². The topological polar surface area (TPSA) is 23.6 Å². The van der Waals surface area contributed by atoms with E-state index in [0.717, 1.165) is 26.2 Å². The van der Waals surface area contributed by atoms with Gasteiger partial charge in [-0.3, -0.25) is 9.69 Å². The monoisotopic (exact) mass is 222 g/mol. The van der Waals surface area contributed by atoms with E-state index in [-0.39, 0.29) is 5.91 Å². The van der Waals surface area contributed by atoms with Gasteiger partial charge in [0.1, 0.15) is 0 Å². The Morgan fingerprint density at radius 2 is 2.19 bits per heavy atom. The minimum Gasteiger partial charge on any atom is -0.338 e. The van der Waals surface area contributed by atoms with Gasteiger partial charge in [-0.25, -0.2) is 0 Å². The summed E-state index contributed by atoms with van der Waals surface area (Å²) in [6.45, 7) is 12.2. The molecule has 0 atom stereocenters. The zero-order valence-corrected chi connectivity index (χ0v) is 10.4. The summed E-state index contributed by atoms with van der Waals surface area (Å²) in [6, 6.07) is 0. The highest BCUT2D eigenvalue weighted by Gasteiger charge is 2.19. The minimum atomic E-state index is 0.250. The maximum Gasteiger partial charge on any atom is 0.224 e. The summed E-state index contributed by atoms with van der Waals surface area (Å²) in [4.78, 5) is 16.0. The number of hydrogen-bond acceptors (Lipinski definition) is 2. The van der Waals surface area contributed by atoms with Gasteiger partial charge in [-0.15, -0.1) is 6.58 Å². The van der Waals surface area contributed by atoms with Crippen LogP contribution in [0.25, 0.3) is 0 Å². The van der Waals surface area contributed by atoms with Gasteiger partial charge in [0.2, 0.25) is 5.91 Å². The van der Waals surface area contributed by atoms with Crippen LogP contribution in [-0.2, 0) is 4.79 Å². The lowest BCUT2D eigenvalue weighted by Gasteiger charge is -2.21. The van der Waals surface area contributed by atoms with E-state index in [1.54, 1.807) is 6.08 Å². The molecule has 1 rings (SSSR count). The molecule has 0 aromatic heterocycles. The predicted molar refractivity (Wildman–Crippen MR) is 67.3 cm³/mol. The number of allylic oxidation sites excluding steroid dienone is 1. The lowest BCUT2D eigenvalue weighted by molar-refractivity contribution is -0.129. The molecule has 90 valence electrons. The first kappa shape index (κ1) is 13.0. The Morgan fingerprint density at radius 1 is 1.44 bits per heavy atom. The van der Waals surface area contributed by atoms with Crippen LogP contribution in [0.4, 0.5) is 0 Å². The van der Waals surface area contributed by atoms with Crippen molar-refractivity contribution < 1.29 is 4.79 Å². The number of rotatable bonds is 4. The molecule has 0 radical (unpaired) electrons. The van der Waals surface area contributed by atoms with E-state index >= 15 is 0 Å². The van der Waals surface area contributed by atoms with E-state index in [1.165, 1.54) is 5.57 Å². The lowest BCUT2D eigenvalue weighted by atomic mass is 10.2. The van der Waals surface area contributed by atoms with Gasteiger partial charge in [0, 0.05) is 39.1 Å². The highest BCUT2D eigenvalue weighted by Crippen LogP contribution is 2.07. The number of hydrogen-bond donors (Lipinski definition) is 0. The highest BCUT2D eigenvalue weighted by molar-refractivity contribution is 5.76. The van der Waals surface area contributed by atoms with E-state index in [2.05, 4.69) is 31.4 Å². The van der Waals surface area contributed by atoms with Crippen molar-refractivity contribution in [2.24, 2.45) is 0 Å². The van der Waals surface area contributed by atoms with Crippen molar-refractivity contribution in [2.75, 3.05) is 32.7 Å². The number of nitrogens with zero attached hydrogens (tertiary/aromatic N) is 2. The van der Waals surface area contributed by atoms with Crippen molar-refractivity contribution in [1.29, 1.82) is 0 Å². The number of amides is 1. The second-order valence-electron chi connectivity index (χ2n) is 4.29. The molecular formula is C13H22N2O. The van der Waals surface area contributed by atoms with Crippen LogP contribution >= 0.6 is 0 Å². The van der Waals surface area contributed by atoms with Gasteiger partial charge in [0.05, 0.1) is 0 Å². The van der Waals surface area contributed by atoms with Gasteiger partial charge < -0.3 is 4.90 Å². The smallest absolute Gasteiger partial charge is 0.224 e. The standard InChI is InChI=1S/C13H22N2O/c1-4-7-15-10-9-14(8-6-13(15)16)11-12(3)5-2/h4-5H,1,6-11H2,2-3H3. The Morgan fingerprint density at radius 3 is 2.81 bits per heavy atom. The maximum atomic E-state index is 11.7. The summed E-state index contributed by atoms with van der Waals surface area (Å²) in [5.41, 5.74) is 1.37. The fourth-order valence-electron chi connectivity index (χ4n) is 1.86. The van der Waals surface area contributed by atoms with Crippen molar-refractivity contribution in [3.63, 3.8) is 0 Å². The molecule has 0 unspecified atom stereocenters. The van der Waals surface area contributed by atoms with E-state index in [0.29, 0.717) is 13.0 Å². The van der Waals surface area contributed by atoms with Crippen LogP contribution in [0, 0.1) is 0 Å². The SMILES string of the molecule is C=CCN1CCN(CC(C)=CC)CCC1=O. The zero-order chi connectivity index (χ0) is 12.0. The van der Waals surface area contributed by atoms with Crippen molar-refractivity contribution in [1.82, 2.24) is 9.80 Å². The molecule has 0 spiro atoms. The first-order valence-electron chi connectivity index (χ1n) is 5.90. The lowest BCUT2D eigenvalue weighted by Crippen LogP contribution is -2.33. The van der Waals surface area contributed by atoms with Crippen LogP contribution in [0.15, 0.2) is 24.3 Å². The summed E-state index contributed by atoms with van der Waals surface area (Å²) in [5.74, 6) is 0.250. The first-order valence-corrected chi connectivity index (χ1v) is 5.90. The average molecular weight is 222 g/mol. The van der Waals surface area contributed by atoms with Gasteiger partial charge in [-0.2, -0.15) is 0 Å². The third-order valence-corrected chi connectivity index (χ3v) is 3.00. The molecule has 1 heterocycles. The molecule has 0 aliphatic carbocycles. The summed E-state index contributed by atoms with van der Waals surface area (Å²) in [7, 11) is 0. The van der Waals surface area contributed by atoms with E-state index in [9.17, 15) is 4.79 Å². The first-order chi connectivity index (χ1) is 7.67. The normalized spacial score (nSPS) is 19.8. The molecule has 1 aliphatic rings. The van der Waals surface area contributed by atoms with Gasteiger partial charge in [-0.1, -0.05) is 17.7 Å². The molecule has 1 amide bonds. The average Bonchev–Trinajstić information content (AvgIpc) is 2.44. The van der Waals surface area contributed by atoms with E-state index < -0.39 is 0 Å². The third-order valence-electron chi connectivity index (χ3n) is 3.00. The second-order valence-corrected chi connectivity index (χ2v) is 4.29. The largest absolute Gasteiger partial charge is 0.338 e. The van der Waals surface area contributed by atoms with Crippen molar-refractivity contribution in [3.8, 4) is 0 Å². The summed E-state index contributed by atoms with van der Waals surface area (Å²) >= 11 is 0. The molecule has 16 heavy (non-hydrogen) atoms. The van der Waals surface area contributed by atoms with Crippen molar-refractivity contribution >= 4 is 5.91 Å². The number of carbonyl (C=O) groups excluding carboxylic acids is 1. The molecule has 1 aliphatic heterocycles. The zero-order valence-electron chi connectivity index (χ0n) is 10.4. The molecule has 3 heteroatoms. The Balaban J connectivity index is 2.50. The van der Waals surface area contributed by atoms with Crippen LogP contribution in [0.3, 0.4) is 0 Å². The molecule has 3 nitrogen and oxygen atoms in total. The van der Waals surface area contributed by atoms with Gasteiger partial charge in [0.15, 0.2) is 0 Å². The fraction of sp³-hybridized carbons (Fsp3) is 0.615. The van der Waals surface area contributed by atoms with Crippen LogP contribution < -0.4 is 0 Å². The molecule has 0 aromatic carbocycles. The molecule has 0 N–H and O–H groups in total. The third kappa shape index (κ3) is 3.81. The van der Waals surface area contributed by atoms with Gasteiger partial charge in [-0.05, 0) is 13.8 Å². The van der Waals surface area contributed by atoms with Crippen molar-refractivity contribution in [3.05, 3.63) is 24.3 Å². The Bertz CT molecular complexity index is 284. The molecule has 0 saturated carbocycles. The van der Waals surface area contributed by atoms with Crippen molar-refractivity contribution in [2.45, 2.75) is 20.3 Å². The minimum absolute atomic E-state index is 0.250. The summed E-state index contributed by atoms with van der Waals surface area (Å²) in [5, 5.41) is 0. The van der Waals surface area contributed by atoms with Crippen LogP contribution in [0.5, 0.6) is 0 Å². The van der Waals surface area contributed by atoms with E-state index in [4.69, 9.17) is 0 Å². The van der Waals surface area contributed by atoms with Crippen LogP contribution in [-0.4, -0.2) is 48.4 Å². The van der Waals surface area contributed by atoms with E-state index in [1.807, 2.05) is 4.90 Å². The second kappa shape index (κ2) is 6.48. The molecule has 0 bridgehead atoms. The van der Waals surface area contributed by atoms with Gasteiger partial charge in [0.25, 0.3) is 0 Å². The Labute approximate surface area is 98.4 Å². The van der Waals surface area contributed by atoms with Crippen LogP contribution in [0.2, 0.25) is 0 Å². The number of carbonyl (C=O) groups is 1. The quantitative estimate of drug-likeness (QED) is 0.676. The summed E-state index contributed by atoms with van der Waals surface area (Å²) < 4.78 is 0.